The molecule has 1 amide bonds. The smallest absolute Gasteiger partial charge is 0.254 e. The van der Waals surface area contributed by atoms with Crippen LogP contribution in [0.1, 0.15) is 23.2 Å². The van der Waals surface area contributed by atoms with E-state index in [4.69, 9.17) is 4.98 Å². The Morgan fingerprint density at radius 1 is 1.11 bits per heavy atom. The van der Waals surface area contributed by atoms with Crippen LogP contribution >= 0.6 is 24.8 Å². The molecule has 5 nitrogen and oxygen atoms in total. The van der Waals surface area contributed by atoms with Crippen LogP contribution in [-0.4, -0.2) is 47.0 Å². The molecule has 7 heteroatoms. The van der Waals surface area contributed by atoms with Crippen LogP contribution in [0.25, 0.3) is 22.2 Å². The Hall–Kier alpha value is -2.21. The van der Waals surface area contributed by atoms with E-state index in [1.807, 2.05) is 54.4 Å². The molecule has 4 rings (SSSR count). The van der Waals surface area contributed by atoms with Crippen molar-refractivity contribution in [3.8, 4) is 11.3 Å². The molecule has 0 bridgehead atoms. The van der Waals surface area contributed by atoms with Crippen LogP contribution in [0.5, 0.6) is 0 Å². The lowest BCUT2D eigenvalue weighted by atomic mass is 10.0. The van der Waals surface area contributed by atoms with E-state index >= 15 is 0 Å². The standard InChI is InChI=1S/C21H22N4O.2ClH/c1-22-16-8-11-25(12-9-16)21(26)18-13-20(15-5-4-10-23-14-15)24-19-7-3-2-6-17(18)19;;/h2-7,10,13-14,16,22H,8-9,11-12H2,1H3;2*1H. The molecule has 2 aromatic heterocycles. The topological polar surface area (TPSA) is 58.1 Å². The van der Waals surface area contributed by atoms with Crippen molar-refractivity contribution in [2.75, 3.05) is 20.1 Å². The molecule has 0 aliphatic carbocycles. The first kappa shape index (κ1) is 22.1. The van der Waals surface area contributed by atoms with E-state index in [1.54, 1.807) is 12.4 Å². The molecule has 0 radical (unpaired) electrons. The summed E-state index contributed by atoms with van der Waals surface area (Å²) in [5, 5.41) is 4.21. The average molecular weight is 419 g/mol. The minimum absolute atomic E-state index is 0. The monoisotopic (exact) mass is 418 g/mol. The molecule has 1 aliphatic rings. The number of nitrogens with zero attached hydrogens (tertiary/aromatic N) is 3. The number of fused-ring (bicyclic) bond motifs is 1. The number of piperidine rings is 1. The highest BCUT2D eigenvalue weighted by Gasteiger charge is 2.24. The quantitative estimate of drug-likeness (QED) is 0.698. The van der Waals surface area contributed by atoms with E-state index < -0.39 is 0 Å². The van der Waals surface area contributed by atoms with Gasteiger partial charge in [0.15, 0.2) is 0 Å². The maximum absolute atomic E-state index is 13.3. The van der Waals surface area contributed by atoms with Gasteiger partial charge in [0.1, 0.15) is 0 Å². The third-order valence-electron chi connectivity index (χ3n) is 5.09. The van der Waals surface area contributed by atoms with Crippen molar-refractivity contribution in [2.45, 2.75) is 18.9 Å². The van der Waals surface area contributed by atoms with Crippen molar-refractivity contribution < 1.29 is 4.79 Å². The molecular weight excluding hydrogens is 395 g/mol. The van der Waals surface area contributed by atoms with Crippen molar-refractivity contribution in [2.24, 2.45) is 0 Å². The van der Waals surface area contributed by atoms with E-state index in [2.05, 4.69) is 10.3 Å². The summed E-state index contributed by atoms with van der Waals surface area (Å²) >= 11 is 0. The Balaban J connectivity index is 0.00000140. The number of likely N-dealkylation sites (tertiary alicyclic amines) is 1. The summed E-state index contributed by atoms with van der Waals surface area (Å²) in [5.74, 6) is 0.0864. The Labute approximate surface area is 177 Å². The Morgan fingerprint density at radius 2 is 1.86 bits per heavy atom. The fourth-order valence-corrected chi connectivity index (χ4v) is 3.56. The second kappa shape index (κ2) is 9.82. The van der Waals surface area contributed by atoms with Gasteiger partial charge in [-0.1, -0.05) is 18.2 Å². The summed E-state index contributed by atoms with van der Waals surface area (Å²) < 4.78 is 0. The largest absolute Gasteiger partial charge is 0.339 e. The summed E-state index contributed by atoms with van der Waals surface area (Å²) in [6.07, 6.45) is 5.49. The minimum Gasteiger partial charge on any atom is -0.339 e. The molecule has 1 aromatic carbocycles. The molecule has 28 heavy (non-hydrogen) atoms. The van der Waals surface area contributed by atoms with Crippen molar-refractivity contribution in [3.05, 3.63) is 60.4 Å². The van der Waals surface area contributed by atoms with Gasteiger partial charge in [0.25, 0.3) is 5.91 Å². The zero-order valence-corrected chi connectivity index (χ0v) is 17.3. The minimum atomic E-state index is 0. The number of benzene rings is 1. The van der Waals surface area contributed by atoms with Crippen LogP contribution < -0.4 is 5.32 Å². The van der Waals surface area contributed by atoms with Gasteiger partial charge in [-0.2, -0.15) is 0 Å². The van der Waals surface area contributed by atoms with Gasteiger partial charge in [0, 0.05) is 42.5 Å². The van der Waals surface area contributed by atoms with E-state index in [0.717, 1.165) is 53.7 Å². The van der Waals surface area contributed by atoms with Gasteiger partial charge in [-0.25, -0.2) is 4.98 Å². The molecule has 1 N–H and O–H groups in total. The number of amides is 1. The molecule has 0 atom stereocenters. The Morgan fingerprint density at radius 3 is 2.54 bits per heavy atom. The number of nitrogens with one attached hydrogen (secondary N) is 1. The number of carbonyl (C=O) groups excluding carboxylic acids is 1. The number of hydrogen-bond acceptors (Lipinski definition) is 4. The summed E-state index contributed by atoms with van der Waals surface area (Å²) in [4.78, 5) is 24.1. The summed E-state index contributed by atoms with van der Waals surface area (Å²) in [7, 11) is 1.98. The number of carbonyl (C=O) groups is 1. The van der Waals surface area contributed by atoms with Gasteiger partial charge >= 0.3 is 0 Å². The Bertz CT molecular complexity index is 928. The van der Waals surface area contributed by atoms with E-state index in [9.17, 15) is 4.79 Å². The average Bonchev–Trinajstić information content (AvgIpc) is 2.73. The van der Waals surface area contributed by atoms with E-state index in [1.165, 1.54) is 0 Å². The number of halogens is 2. The fraction of sp³-hybridized carbons (Fsp3) is 0.286. The molecule has 1 saturated heterocycles. The van der Waals surface area contributed by atoms with Gasteiger partial charge in [0.05, 0.1) is 16.8 Å². The third-order valence-corrected chi connectivity index (χ3v) is 5.09. The fourth-order valence-electron chi connectivity index (χ4n) is 3.56. The second-order valence-electron chi connectivity index (χ2n) is 6.67. The zero-order valence-electron chi connectivity index (χ0n) is 15.7. The van der Waals surface area contributed by atoms with Crippen LogP contribution in [0.2, 0.25) is 0 Å². The lowest BCUT2D eigenvalue weighted by Crippen LogP contribution is -2.44. The number of aromatic nitrogens is 2. The van der Waals surface area contributed by atoms with Gasteiger partial charge in [-0.15, -0.1) is 24.8 Å². The first-order valence-electron chi connectivity index (χ1n) is 9.03. The summed E-state index contributed by atoms with van der Waals surface area (Å²) in [6.45, 7) is 1.56. The number of pyridine rings is 2. The molecule has 0 unspecified atom stereocenters. The summed E-state index contributed by atoms with van der Waals surface area (Å²) in [5.41, 5.74) is 3.26. The van der Waals surface area contributed by atoms with Crippen LogP contribution in [0.3, 0.4) is 0 Å². The maximum Gasteiger partial charge on any atom is 0.254 e. The SMILES string of the molecule is CNC1CCN(C(=O)c2cc(-c3cccnc3)nc3ccccc23)CC1.Cl.Cl. The summed E-state index contributed by atoms with van der Waals surface area (Å²) in [6, 6.07) is 14.1. The normalized spacial score (nSPS) is 14.2. The van der Waals surface area contributed by atoms with Gasteiger partial charge in [-0.05, 0) is 44.2 Å². The van der Waals surface area contributed by atoms with Crippen LogP contribution in [0.15, 0.2) is 54.9 Å². The predicted molar refractivity (Wildman–Crippen MR) is 117 cm³/mol. The van der Waals surface area contributed by atoms with Crippen LogP contribution in [0, 0.1) is 0 Å². The number of para-hydroxylation sites is 1. The molecule has 3 aromatic rings. The molecule has 0 saturated carbocycles. The third kappa shape index (κ3) is 4.43. The van der Waals surface area contributed by atoms with Gasteiger partial charge < -0.3 is 10.2 Å². The predicted octanol–water partition coefficient (Wildman–Crippen LogP) is 3.96. The highest BCUT2D eigenvalue weighted by atomic mass is 35.5. The lowest BCUT2D eigenvalue weighted by Gasteiger charge is -2.32. The maximum atomic E-state index is 13.3. The first-order chi connectivity index (χ1) is 12.8. The van der Waals surface area contributed by atoms with E-state index in [0.29, 0.717) is 6.04 Å². The zero-order chi connectivity index (χ0) is 17.9. The van der Waals surface area contributed by atoms with Crippen LogP contribution in [0.4, 0.5) is 0 Å². The molecule has 0 spiro atoms. The highest BCUT2D eigenvalue weighted by Crippen LogP contribution is 2.26. The Kier molecular flexibility index (Phi) is 7.75. The molecule has 148 valence electrons. The first-order valence-corrected chi connectivity index (χ1v) is 9.03. The van der Waals surface area contributed by atoms with Crippen LogP contribution in [-0.2, 0) is 0 Å². The van der Waals surface area contributed by atoms with Gasteiger partial charge in [0.2, 0.25) is 0 Å². The van der Waals surface area contributed by atoms with Crippen molar-refractivity contribution in [3.63, 3.8) is 0 Å². The number of hydrogen-bond donors (Lipinski definition) is 1. The molecular formula is C21H24Cl2N4O. The van der Waals surface area contributed by atoms with Crippen molar-refractivity contribution >= 4 is 41.6 Å². The molecule has 1 fully saturated rings. The molecule has 1 aliphatic heterocycles. The van der Waals surface area contributed by atoms with Crippen molar-refractivity contribution in [1.29, 1.82) is 0 Å². The van der Waals surface area contributed by atoms with E-state index in [-0.39, 0.29) is 30.7 Å². The van der Waals surface area contributed by atoms with Gasteiger partial charge in [-0.3, -0.25) is 9.78 Å². The number of rotatable bonds is 3. The highest BCUT2D eigenvalue weighted by molar-refractivity contribution is 6.07. The lowest BCUT2D eigenvalue weighted by molar-refractivity contribution is 0.0709. The van der Waals surface area contributed by atoms with Crippen molar-refractivity contribution in [1.82, 2.24) is 20.2 Å². The molecule has 3 heterocycles. The second-order valence-corrected chi connectivity index (χ2v) is 6.67.